The average Bonchev–Trinajstić information content (AvgIpc) is 2.39. The smallest absolute Gasteiger partial charge is 0.191 e. The Labute approximate surface area is 122 Å². The molecule has 0 aromatic rings. The van der Waals surface area contributed by atoms with Crippen LogP contribution in [0.5, 0.6) is 0 Å². The third-order valence-electron chi connectivity index (χ3n) is 3.75. The van der Waals surface area contributed by atoms with Gasteiger partial charge >= 0.3 is 0 Å². The standard InChI is InChI=1S/C13H28N4O2S/c1-11(2)12(3)16-13(14-4)15-5-6-17-7-9-20(18,19)10-8-17/h11-12H,5-10H2,1-4H3,(H2,14,15,16). The van der Waals surface area contributed by atoms with E-state index in [1.54, 1.807) is 7.05 Å². The molecule has 20 heavy (non-hydrogen) atoms. The van der Waals surface area contributed by atoms with Gasteiger partial charge in [0.05, 0.1) is 11.5 Å². The summed E-state index contributed by atoms with van der Waals surface area (Å²) in [5.74, 6) is 1.91. The van der Waals surface area contributed by atoms with Gasteiger partial charge in [-0.1, -0.05) is 13.8 Å². The van der Waals surface area contributed by atoms with Crippen LogP contribution in [0, 0.1) is 5.92 Å². The van der Waals surface area contributed by atoms with Crippen molar-refractivity contribution in [2.24, 2.45) is 10.9 Å². The summed E-state index contributed by atoms with van der Waals surface area (Å²) in [7, 11) is -1.03. The number of rotatable bonds is 5. The van der Waals surface area contributed by atoms with Crippen molar-refractivity contribution in [3.63, 3.8) is 0 Å². The van der Waals surface area contributed by atoms with Crippen molar-refractivity contribution in [2.75, 3.05) is 44.7 Å². The third-order valence-corrected chi connectivity index (χ3v) is 5.35. The molecule has 0 amide bonds. The summed E-state index contributed by atoms with van der Waals surface area (Å²) in [4.78, 5) is 6.37. The van der Waals surface area contributed by atoms with Crippen LogP contribution < -0.4 is 10.6 Å². The van der Waals surface area contributed by atoms with Crippen molar-refractivity contribution >= 4 is 15.8 Å². The molecule has 0 bridgehead atoms. The van der Waals surface area contributed by atoms with E-state index in [1.807, 2.05) is 0 Å². The maximum absolute atomic E-state index is 11.3. The Balaban J connectivity index is 2.26. The van der Waals surface area contributed by atoms with Crippen LogP contribution in [0.25, 0.3) is 0 Å². The highest BCUT2D eigenvalue weighted by molar-refractivity contribution is 7.91. The average molecular weight is 304 g/mol. The largest absolute Gasteiger partial charge is 0.355 e. The summed E-state index contributed by atoms with van der Waals surface area (Å²) in [6.07, 6.45) is 0. The molecular weight excluding hydrogens is 276 g/mol. The molecule has 0 aliphatic carbocycles. The zero-order valence-corrected chi connectivity index (χ0v) is 13.8. The highest BCUT2D eigenvalue weighted by Gasteiger charge is 2.21. The summed E-state index contributed by atoms with van der Waals surface area (Å²) < 4.78 is 22.7. The molecule has 0 aromatic carbocycles. The summed E-state index contributed by atoms with van der Waals surface area (Å²) in [6, 6.07) is 0.362. The predicted octanol–water partition coefficient (Wildman–Crippen LogP) is -0.0737. The summed E-state index contributed by atoms with van der Waals surface area (Å²) in [5.41, 5.74) is 0. The minimum absolute atomic E-state index is 0.282. The molecule has 0 saturated carbocycles. The summed E-state index contributed by atoms with van der Waals surface area (Å²) in [6.45, 7) is 9.35. The monoisotopic (exact) mass is 304 g/mol. The Morgan fingerprint density at radius 1 is 1.25 bits per heavy atom. The maximum atomic E-state index is 11.3. The number of hydrogen-bond acceptors (Lipinski definition) is 4. The second-order valence-electron chi connectivity index (χ2n) is 5.67. The Morgan fingerprint density at radius 3 is 2.35 bits per heavy atom. The Bertz CT molecular complexity index is 406. The van der Waals surface area contributed by atoms with E-state index in [4.69, 9.17) is 0 Å². The first-order valence-corrected chi connectivity index (χ1v) is 9.06. The Morgan fingerprint density at radius 2 is 1.85 bits per heavy atom. The van der Waals surface area contributed by atoms with Gasteiger partial charge in [0.15, 0.2) is 15.8 Å². The molecule has 0 aromatic heterocycles. The van der Waals surface area contributed by atoms with E-state index < -0.39 is 9.84 Å². The van der Waals surface area contributed by atoms with Gasteiger partial charge in [-0.25, -0.2) is 8.42 Å². The lowest BCUT2D eigenvalue weighted by molar-refractivity contribution is 0.299. The first-order chi connectivity index (χ1) is 9.34. The SMILES string of the molecule is CN=C(NCCN1CCS(=O)(=O)CC1)NC(C)C(C)C. The minimum atomic E-state index is -2.79. The first kappa shape index (κ1) is 17.2. The molecule has 118 valence electrons. The van der Waals surface area contributed by atoms with Gasteiger partial charge in [-0.3, -0.25) is 9.89 Å². The van der Waals surface area contributed by atoms with Crippen molar-refractivity contribution in [3.05, 3.63) is 0 Å². The Kier molecular flexibility index (Phi) is 6.75. The molecule has 1 aliphatic rings. The van der Waals surface area contributed by atoms with E-state index >= 15 is 0 Å². The van der Waals surface area contributed by atoms with E-state index in [0.29, 0.717) is 25.0 Å². The van der Waals surface area contributed by atoms with Crippen LogP contribution in [0.15, 0.2) is 4.99 Å². The van der Waals surface area contributed by atoms with Crippen LogP contribution in [0.3, 0.4) is 0 Å². The maximum Gasteiger partial charge on any atom is 0.191 e. The predicted molar refractivity (Wildman–Crippen MR) is 83.9 cm³/mol. The van der Waals surface area contributed by atoms with Crippen LogP contribution >= 0.6 is 0 Å². The molecule has 1 rings (SSSR count). The zero-order chi connectivity index (χ0) is 15.2. The molecule has 0 spiro atoms. The van der Waals surface area contributed by atoms with E-state index in [-0.39, 0.29) is 11.5 Å². The lowest BCUT2D eigenvalue weighted by Crippen LogP contribution is -2.48. The number of hydrogen-bond donors (Lipinski definition) is 2. The molecule has 6 nitrogen and oxygen atoms in total. The quantitative estimate of drug-likeness (QED) is 0.549. The van der Waals surface area contributed by atoms with Crippen molar-refractivity contribution in [3.8, 4) is 0 Å². The lowest BCUT2D eigenvalue weighted by Gasteiger charge is -2.27. The van der Waals surface area contributed by atoms with Crippen molar-refractivity contribution in [1.82, 2.24) is 15.5 Å². The second-order valence-corrected chi connectivity index (χ2v) is 7.97. The molecule has 2 N–H and O–H groups in total. The fourth-order valence-electron chi connectivity index (χ4n) is 1.88. The second kappa shape index (κ2) is 7.83. The fourth-order valence-corrected chi connectivity index (χ4v) is 3.16. The molecule has 1 atom stereocenters. The molecule has 1 fully saturated rings. The van der Waals surface area contributed by atoms with E-state index in [2.05, 4.69) is 41.3 Å². The molecule has 1 saturated heterocycles. The molecule has 0 radical (unpaired) electrons. The normalized spacial score (nSPS) is 21.8. The third kappa shape index (κ3) is 6.09. The molecule has 1 aliphatic heterocycles. The molecular formula is C13H28N4O2S. The van der Waals surface area contributed by atoms with Gasteiger partial charge in [0.25, 0.3) is 0 Å². The number of nitrogens with one attached hydrogen (secondary N) is 2. The van der Waals surface area contributed by atoms with Gasteiger partial charge < -0.3 is 10.6 Å². The summed E-state index contributed by atoms with van der Waals surface area (Å²) in [5, 5.41) is 6.61. The molecule has 1 unspecified atom stereocenters. The number of sulfone groups is 1. The lowest BCUT2D eigenvalue weighted by atomic mass is 10.1. The molecule has 7 heteroatoms. The van der Waals surface area contributed by atoms with E-state index in [1.165, 1.54) is 0 Å². The first-order valence-electron chi connectivity index (χ1n) is 7.24. The van der Waals surface area contributed by atoms with Crippen LogP contribution in [-0.2, 0) is 9.84 Å². The Hall–Kier alpha value is -0.820. The highest BCUT2D eigenvalue weighted by atomic mass is 32.2. The van der Waals surface area contributed by atoms with Gasteiger partial charge in [-0.05, 0) is 12.8 Å². The molecule has 1 heterocycles. The summed E-state index contributed by atoms with van der Waals surface area (Å²) >= 11 is 0. The topological polar surface area (TPSA) is 73.8 Å². The highest BCUT2D eigenvalue weighted by Crippen LogP contribution is 2.02. The van der Waals surface area contributed by atoms with Gasteiger partial charge in [-0.15, -0.1) is 0 Å². The van der Waals surface area contributed by atoms with Crippen LogP contribution in [-0.4, -0.2) is 70.1 Å². The van der Waals surface area contributed by atoms with Crippen molar-refractivity contribution in [1.29, 1.82) is 0 Å². The van der Waals surface area contributed by atoms with Crippen molar-refractivity contribution < 1.29 is 8.42 Å². The van der Waals surface area contributed by atoms with Crippen LogP contribution in [0.4, 0.5) is 0 Å². The minimum Gasteiger partial charge on any atom is -0.355 e. The van der Waals surface area contributed by atoms with E-state index in [9.17, 15) is 8.42 Å². The number of nitrogens with zero attached hydrogens (tertiary/aromatic N) is 2. The van der Waals surface area contributed by atoms with Crippen LogP contribution in [0.1, 0.15) is 20.8 Å². The van der Waals surface area contributed by atoms with Crippen molar-refractivity contribution in [2.45, 2.75) is 26.8 Å². The zero-order valence-electron chi connectivity index (χ0n) is 13.0. The number of aliphatic imine (C=N–C) groups is 1. The van der Waals surface area contributed by atoms with Gasteiger partial charge in [0.1, 0.15) is 0 Å². The van der Waals surface area contributed by atoms with Gasteiger partial charge in [0, 0.05) is 39.3 Å². The van der Waals surface area contributed by atoms with Crippen LogP contribution in [0.2, 0.25) is 0 Å². The van der Waals surface area contributed by atoms with E-state index in [0.717, 1.165) is 19.0 Å². The number of guanidine groups is 1. The van der Waals surface area contributed by atoms with Gasteiger partial charge in [-0.2, -0.15) is 0 Å². The van der Waals surface area contributed by atoms with Gasteiger partial charge in [0.2, 0.25) is 0 Å². The fraction of sp³-hybridized carbons (Fsp3) is 0.923.